The lowest BCUT2D eigenvalue weighted by atomic mass is 9.86. The van der Waals surface area contributed by atoms with E-state index in [1.807, 2.05) is 36.4 Å². The van der Waals surface area contributed by atoms with E-state index in [1.54, 1.807) is 12.1 Å². The lowest BCUT2D eigenvalue weighted by Gasteiger charge is -2.20. The van der Waals surface area contributed by atoms with Crippen molar-refractivity contribution >= 4 is 17.0 Å². The summed E-state index contributed by atoms with van der Waals surface area (Å²) in [6.45, 7) is 4.72. The molecule has 0 amide bonds. The Morgan fingerprint density at radius 3 is 2.43 bits per heavy atom. The number of carboxylic acids is 1. The smallest absolute Gasteiger partial charge is 0.336 e. The third-order valence-electron chi connectivity index (χ3n) is 6.98. The van der Waals surface area contributed by atoms with E-state index in [-0.39, 0.29) is 17.4 Å². The van der Waals surface area contributed by atoms with Gasteiger partial charge in [0.15, 0.2) is 0 Å². The molecule has 1 aliphatic carbocycles. The van der Waals surface area contributed by atoms with Crippen LogP contribution >= 0.6 is 0 Å². The summed E-state index contributed by atoms with van der Waals surface area (Å²) in [6, 6.07) is 14.9. The predicted octanol–water partition coefficient (Wildman–Crippen LogP) is 6.12. The maximum absolute atomic E-state index is 11.6. The molecular formula is C28H30N4O3. The number of hydrogen-bond acceptors (Lipinski definition) is 5. The monoisotopic (exact) mass is 470 g/mol. The fourth-order valence-electron chi connectivity index (χ4n) is 5.22. The highest BCUT2D eigenvalue weighted by atomic mass is 16.4. The van der Waals surface area contributed by atoms with E-state index in [0.29, 0.717) is 23.5 Å². The van der Waals surface area contributed by atoms with Crippen molar-refractivity contribution in [3.63, 3.8) is 0 Å². The summed E-state index contributed by atoms with van der Waals surface area (Å²) >= 11 is 0. The lowest BCUT2D eigenvalue weighted by molar-refractivity contribution is 0.0697. The Morgan fingerprint density at radius 2 is 1.74 bits per heavy atom. The molecule has 7 nitrogen and oxygen atoms in total. The van der Waals surface area contributed by atoms with Gasteiger partial charge >= 0.3 is 5.97 Å². The van der Waals surface area contributed by atoms with Gasteiger partial charge in [-0.2, -0.15) is 0 Å². The van der Waals surface area contributed by atoms with Crippen molar-refractivity contribution in [3.05, 3.63) is 71.2 Å². The first kappa shape index (κ1) is 23.0. The van der Waals surface area contributed by atoms with Crippen LogP contribution in [0.15, 0.2) is 48.5 Å². The molecule has 0 spiro atoms. The molecule has 0 bridgehead atoms. The molecule has 2 aromatic carbocycles. The molecule has 1 aliphatic rings. The highest BCUT2D eigenvalue weighted by molar-refractivity contribution is 5.96. The van der Waals surface area contributed by atoms with Crippen molar-refractivity contribution in [1.29, 1.82) is 0 Å². The Balaban J connectivity index is 1.54. The summed E-state index contributed by atoms with van der Waals surface area (Å²) in [4.78, 5) is 16.6. The first-order chi connectivity index (χ1) is 16.9. The van der Waals surface area contributed by atoms with E-state index in [2.05, 4.69) is 28.6 Å². The Kier molecular flexibility index (Phi) is 6.24. The number of benzene rings is 2. The highest BCUT2D eigenvalue weighted by Crippen LogP contribution is 2.37. The zero-order chi connectivity index (χ0) is 24.5. The summed E-state index contributed by atoms with van der Waals surface area (Å²) in [6.07, 6.45) is 5.78. The summed E-state index contributed by atoms with van der Waals surface area (Å²) < 4.78 is 2.05. The normalized spacial score (nSPS) is 14.6. The number of hydrogen-bond donors (Lipinski definition) is 2. The maximum atomic E-state index is 11.6. The van der Waals surface area contributed by atoms with Crippen LogP contribution in [-0.4, -0.2) is 35.9 Å². The second-order valence-corrected chi connectivity index (χ2v) is 9.70. The second-order valence-electron chi connectivity index (χ2n) is 9.70. The first-order valence-electron chi connectivity index (χ1n) is 12.3. The van der Waals surface area contributed by atoms with Gasteiger partial charge in [-0.25, -0.2) is 9.78 Å². The zero-order valence-electron chi connectivity index (χ0n) is 20.1. The van der Waals surface area contributed by atoms with E-state index >= 15 is 0 Å². The quantitative estimate of drug-likeness (QED) is 0.352. The molecule has 0 saturated heterocycles. The van der Waals surface area contributed by atoms with Crippen molar-refractivity contribution < 1.29 is 15.0 Å². The molecule has 180 valence electrons. The molecule has 1 saturated carbocycles. The minimum atomic E-state index is -0.943. The maximum Gasteiger partial charge on any atom is 0.336 e. The van der Waals surface area contributed by atoms with Crippen LogP contribution in [-0.2, 0) is 6.54 Å². The molecule has 0 atom stereocenters. The number of carboxylic acid groups (broad SMARTS) is 1. The van der Waals surface area contributed by atoms with Crippen LogP contribution in [0.3, 0.4) is 0 Å². The van der Waals surface area contributed by atoms with Gasteiger partial charge in [-0.3, -0.25) is 0 Å². The van der Waals surface area contributed by atoms with Crippen molar-refractivity contribution in [2.24, 2.45) is 0 Å². The Morgan fingerprint density at radius 1 is 1.03 bits per heavy atom. The second kappa shape index (κ2) is 9.49. The number of fused-ring (bicyclic) bond motifs is 1. The molecule has 4 aromatic rings. The van der Waals surface area contributed by atoms with Gasteiger partial charge in [-0.05, 0) is 35.6 Å². The Labute approximate surface area is 204 Å². The van der Waals surface area contributed by atoms with Gasteiger partial charge < -0.3 is 14.8 Å². The molecule has 2 aromatic heterocycles. The number of carbonyl (C=O) groups is 1. The van der Waals surface area contributed by atoms with E-state index in [9.17, 15) is 15.0 Å². The van der Waals surface area contributed by atoms with Crippen molar-refractivity contribution in [3.8, 4) is 17.0 Å². The topological polar surface area (TPSA) is 101 Å². The Hall–Kier alpha value is -3.74. The zero-order valence-corrected chi connectivity index (χ0v) is 20.1. The summed E-state index contributed by atoms with van der Waals surface area (Å²) in [5, 5.41) is 28.8. The fraction of sp³-hybridized carbons (Fsp3) is 0.357. The molecule has 2 heterocycles. The SMILES string of the molecule is CC(C)c1nc2c(C3CCCCC3)nnc(O)c2n1Cc1ccc(-c2ccccc2C(=O)O)cc1. The van der Waals surface area contributed by atoms with Gasteiger partial charge in [-0.15, -0.1) is 10.2 Å². The van der Waals surface area contributed by atoms with E-state index in [0.717, 1.165) is 41.0 Å². The van der Waals surface area contributed by atoms with Crippen molar-refractivity contribution in [2.75, 3.05) is 0 Å². The average Bonchev–Trinajstić information content (AvgIpc) is 3.25. The van der Waals surface area contributed by atoms with Gasteiger partial charge in [0.05, 0.1) is 11.3 Å². The van der Waals surface area contributed by atoms with Crippen LogP contribution in [0, 0.1) is 0 Å². The molecule has 0 radical (unpaired) electrons. The van der Waals surface area contributed by atoms with Gasteiger partial charge in [0, 0.05) is 18.4 Å². The van der Waals surface area contributed by atoms with Crippen LogP contribution in [0.2, 0.25) is 0 Å². The van der Waals surface area contributed by atoms with Gasteiger partial charge in [-0.1, -0.05) is 75.6 Å². The number of nitrogens with zero attached hydrogens (tertiary/aromatic N) is 4. The molecular weight excluding hydrogens is 440 g/mol. The molecule has 35 heavy (non-hydrogen) atoms. The van der Waals surface area contributed by atoms with Crippen LogP contribution in [0.25, 0.3) is 22.2 Å². The molecule has 2 N–H and O–H groups in total. The third kappa shape index (κ3) is 4.38. The van der Waals surface area contributed by atoms with Crippen molar-refractivity contribution in [2.45, 2.75) is 64.3 Å². The molecule has 0 unspecified atom stereocenters. The number of imidazole rings is 1. The number of rotatable bonds is 6. The number of aromatic hydroxyl groups is 1. The van der Waals surface area contributed by atoms with Crippen LogP contribution in [0.1, 0.15) is 85.2 Å². The predicted molar refractivity (Wildman–Crippen MR) is 135 cm³/mol. The average molecular weight is 471 g/mol. The van der Waals surface area contributed by atoms with Crippen LogP contribution in [0.4, 0.5) is 0 Å². The first-order valence-corrected chi connectivity index (χ1v) is 12.3. The van der Waals surface area contributed by atoms with Gasteiger partial charge in [0.2, 0.25) is 0 Å². The fourth-order valence-corrected chi connectivity index (χ4v) is 5.22. The summed E-state index contributed by atoms with van der Waals surface area (Å²) in [5.74, 6) is 0.342. The largest absolute Gasteiger partial charge is 0.491 e. The standard InChI is InChI=1S/C28H30N4O3/c1-17(2)26-29-24-23(20-8-4-3-5-9-20)30-31-27(33)25(24)32(26)16-18-12-14-19(15-13-18)21-10-6-7-11-22(21)28(34)35/h6-7,10-15,17,20H,3-5,8-9,16H2,1-2H3,(H,31,33)(H,34,35). The lowest BCUT2D eigenvalue weighted by Crippen LogP contribution is -2.09. The van der Waals surface area contributed by atoms with Gasteiger partial charge in [0.25, 0.3) is 5.88 Å². The van der Waals surface area contributed by atoms with Crippen LogP contribution in [0.5, 0.6) is 5.88 Å². The molecule has 1 fully saturated rings. The van der Waals surface area contributed by atoms with Crippen molar-refractivity contribution in [1.82, 2.24) is 19.7 Å². The molecule has 5 rings (SSSR count). The summed E-state index contributed by atoms with van der Waals surface area (Å²) in [5.41, 5.74) is 5.15. The van der Waals surface area contributed by atoms with E-state index < -0.39 is 5.97 Å². The minimum Gasteiger partial charge on any atom is -0.491 e. The summed E-state index contributed by atoms with van der Waals surface area (Å²) in [7, 11) is 0. The number of aromatic nitrogens is 4. The third-order valence-corrected chi connectivity index (χ3v) is 6.98. The van der Waals surface area contributed by atoms with E-state index in [4.69, 9.17) is 4.98 Å². The highest BCUT2D eigenvalue weighted by Gasteiger charge is 2.26. The molecule has 0 aliphatic heterocycles. The van der Waals surface area contributed by atoms with Crippen LogP contribution < -0.4 is 0 Å². The minimum absolute atomic E-state index is 0.0917. The van der Waals surface area contributed by atoms with E-state index in [1.165, 1.54) is 19.3 Å². The number of aromatic carboxylic acids is 1. The Bertz CT molecular complexity index is 1370. The molecule has 7 heteroatoms. The van der Waals surface area contributed by atoms with Gasteiger partial charge in [0.1, 0.15) is 16.9 Å².